The number of carbonyl (C=O) groups excluding carboxylic acids is 1. The summed E-state index contributed by atoms with van der Waals surface area (Å²) in [7, 11) is 0. The normalized spacial score (nSPS) is 13.1. The Kier molecular flexibility index (Phi) is 6.49. The number of para-hydroxylation sites is 1. The molecule has 0 radical (unpaired) electrons. The van der Waals surface area contributed by atoms with E-state index in [1.54, 1.807) is 26.0 Å². The predicted molar refractivity (Wildman–Crippen MR) is 77.3 cm³/mol. The molecule has 0 aliphatic rings. The minimum absolute atomic E-state index is 0.186. The molecule has 1 rings (SSSR count). The van der Waals surface area contributed by atoms with Crippen LogP contribution in [0.5, 0.6) is 5.75 Å². The van der Waals surface area contributed by atoms with Crippen molar-refractivity contribution in [3.8, 4) is 5.75 Å². The van der Waals surface area contributed by atoms with Crippen molar-refractivity contribution >= 4 is 23.2 Å². The van der Waals surface area contributed by atoms with Crippen LogP contribution in [0.4, 0.5) is 18.9 Å². The van der Waals surface area contributed by atoms with Crippen LogP contribution in [0, 0.1) is 0 Å². The zero-order valence-corrected chi connectivity index (χ0v) is 13.1. The molecule has 0 fully saturated rings. The van der Waals surface area contributed by atoms with Crippen LogP contribution in [0.15, 0.2) is 18.2 Å². The second-order valence-corrected chi connectivity index (χ2v) is 5.25. The smallest absolute Gasteiger partial charge is 0.411 e. The van der Waals surface area contributed by atoms with Crippen LogP contribution in [-0.2, 0) is 9.53 Å². The molecule has 4 nitrogen and oxygen atoms in total. The van der Waals surface area contributed by atoms with Gasteiger partial charge in [0, 0.05) is 0 Å². The molecule has 0 aliphatic heterocycles. The molecule has 0 unspecified atom stereocenters. The first-order valence-electron chi connectivity index (χ1n) is 6.54. The van der Waals surface area contributed by atoms with Gasteiger partial charge in [-0.15, -0.1) is 0 Å². The van der Waals surface area contributed by atoms with E-state index in [-0.39, 0.29) is 22.6 Å². The third-order valence-electron chi connectivity index (χ3n) is 2.44. The Morgan fingerprint density at radius 3 is 2.50 bits per heavy atom. The average molecular weight is 340 g/mol. The Morgan fingerprint density at radius 2 is 1.95 bits per heavy atom. The summed E-state index contributed by atoms with van der Waals surface area (Å²) in [5, 5.41) is 2.74. The summed E-state index contributed by atoms with van der Waals surface area (Å²) in [6.07, 6.45) is -5.95. The summed E-state index contributed by atoms with van der Waals surface area (Å²) in [6.45, 7) is 3.30. The number of ether oxygens (including phenoxy) is 2. The molecule has 0 aromatic heterocycles. The summed E-state index contributed by atoms with van der Waals surface area (Å²) in [6, 6.07) is 4.71. The standard InChI is InChI=1S/C14H17ClF3NO3/c1-8(2)22-12-10(15)5-4-6-11(12)19-13(20)9(3)21-7-14(16,17)18/h4-6,8-9H,7H2,1-3H3,(H,19,20)/t9-/m1/s1. The average Bonchev–Trinajstić information content (AvgIpc) is 2.38. The fraction of sp³-hybridized carbons (Fsp3) is 0.500. The topological polar surface area (TPSA) is 47.6 Å². The first-order valence-corrected chi connectivity index (χ1v) is 6.92. The highest BCUT2D eigenvalue weighted by Crippen LogP contribution is 2.33. The fourth-order valence-electron chi connectivity index (χ4n) is 1.49. The number of hydrogen-bond donors (Lipinski definition) is 1. The van der Waals surface area contributed by atoms with Gasteiger partial charge in [-0.25, -0.2) is 0 Å². The minimum atomic E-state index is -4.49. The van der Waals surface area contributed by atoms with Crippen molar-refractivity contribution in [2.45, 2.75) is 39.2 Å². The molecule has 0 heterocycles. The number of halogens is 4. The number of anilines is 1. The second-order valence-electron chi connectivity index (χ2n) is 4.84. The maximum Gasteiger partial charge on any atom is 0.411 e. The van der Waals surface area contributed by atoms with Gasteiger partial charge < -0.3 is 14.8 Å². The summed E-state index contributed by atoms with van der Waals surface area (Å²) in [5.41, 5.74) is 0.272. The summed E-state index contributed by atoms with van der Waals surface area (Å²) < 4.78 is 46.2. The van der Waals surface area contributed by atoms with Gasteiger partial charge in [-0.1, -0.05) is 17.7 Å². The zero-order valence-electron chi connectivity index (χ0n) is 12.3. The molecule has 0 saturated heterocycles. The van der Waals surface area contributed by atoms with E-state index < -0.39 is 24.8 Å². The van der Waals surface area contributed by atoms with Gasteiger partial charge in [-0.05, 0) is 32.9 Å². The maximum atomic E-state index is 12.1. The van der Waals surface area contributed by atoms with Crippen molar-refractivity contribution in [1.82, 2.24) is 0 Å². The first kappa shape index (κ1) is 18.6. The van der Waals surface area contributed by atoms with E-state index >= 15 is 0 Å². The lowest BCUT2D eigenvalue weighted by Gasteiger charge is -2.18. The van der Waals surface area contributed by atoms with E-state index in [1.165, 1.54) is 13.0 Å². The molecule has 124 valence electrons. The second kappa shape index (κ2) is 7.69. The Balaban J connectivity index is 2.77. The molecule has 8 heteroatoms. The number of alkyl halides is 3. The van der Waals surface area contributed by atoms with E-state index in [0.29, 0.717) is 0 Å². The van der Waals surface area contributed by atoms with Crippen LogP contribution in [0.2, 0.25) is 5.02 Å². The Hall–Kier alpha value is -1.47. The molecule has 1 amide bonds. The number of rotatable bonds is 6. The molecular weight excluding hydrogens is 323 g/mol. The molecular formula is C14H17ClF3NO3. The summed E-state index contributed by atoms with van der Waals surface area (Å²) >= 11 is 6.00. The Morgan fingerprint density at radius 1 is 1.32 bits per heavy atom. The van der Waals surface area contributed by atoms with Gasteiger partial charge in [-0.2, -0.15) is 13.2 Å². The molecule has 1 aromatic carbocycles. The van der Waals surface area contributed by atoms with E-state index in [4.69, 9.17) is 16.3 Å². The molecule has 0 bridgehead atoms. The van der Waals surface area contributed by atoms with E-state index in [9.17, 15) is 18.0 Å². The van der Waals surface area contributed by atoms with Crippen molar-refractivity contribution in [1.29, 1.82) is 0 Å². The van der Waals surface area contributed by atoms with Crippen molar-refractivity contribution in [2.24, 2.45) is 0 Å². The quantitative estimate of drug-likeness (QED) is 0.851. The fourth-order valence-corrected chi connectivity index (χ4v) is 1.71. The highest BCUT2D eigenvalue weighted by molar-refractivity contribution is 6.32. The van der Waals surface area contributed by atoms with Crippen LogP contribution in [0.3, 0.4) is 0 Å². The van der Waals surface area contributed by atoms with Crippen LogP contribution in [0.1, 0.15) is 20.8 Å². The zero-order chi connectivity index (χ0) is 16.9. The van der Waals surface area contributed by atoms with Crippen molar-refractivity contribution < 1.29 is 27.4 Å². The lowest BCUT2D eigenvalue weighted by atomic mass is 10.2. The largest absolute Gasteiger partial charge is 0.487 e. The lowest BCUT2D eigenvalue weighted by molar-refractivity contribution is -0.184. The first-order chi connectivity index (χ1) is 10.1. The highest BCUT2D eigenvalue weighted by atomic mass is 35.5. The van der Waals surface area contributed by atoms with Crippen LogP contribution in [0.25, 0.3) is 0 Å². The van der Waals surface area contributed by atoms with Gasteiger partial charge in [0.25, 0.3) is 5.91 Å². The van der Waals surface area contributed by atoms with Gasteiger partial charge in [0.2, 0.25) is 0 Å². The third-order valence-corrected chi connectivity index (χ3v) is 2.74. The van der Waals surface area contributed by atoms with Crippen LogP contribution >= 0.6 is 11.6 Å². The third kappa shape index (κ3) is 6.11. The monoisotopic (exact) mass is 339 g/mol. The van der Waals surface area contributed by atoms with E-state index in [0.717, 1.165) is 0 Å². The van der Waals surface area contributed by atoms with Gasteiger partial charge in [0.15, 0.2) is 5.75 Å². The van der Waals surface area contributed by atoms with E-state index in [2.05, 4.69) is 10.1 Å². The summed E-state index contributed by atoms with van der Waals surface area (Å²) in [4.78, 5) is 11.9. The van der Waals surface area contributed by atoms with Gasteiger partial charge in [0.05, 0.1) is 16.8 Å². The minimum Gasteiger partial charge on any atom is -0.487 e. The predicted octanol–water partition coefficient (Wildman–Crippen LogP) is 4.03. The maximum absolute atomic E-state index is 12.1. The molecule has 1 aromatic rings. The number of amides is 1. The number of nitrogens with one attached hydrogen (secondary N) is 1. The Bertz CT molecular complexity index is 521. The number of carbonyl (C=O) groups is 1. The van der Waals surface area contributed by atoms with Crippen molar-refractivity contribution in [3.05, 3.63) is 23.2 Å². The van der Waals surface area contributed by atoms with Crippen LogP contribution < -0.4 is 10.1 Å². The van der Waals surface area contributed by atoms with Crippen molar-refractivity contribution in [2.75, 3.05) is 11.9 Å². The van der Waals surface area contributed by atoms with E-state index in [1.807, 2.05) is 0 Å². The Labute approximate surface area is 131 Å². The number of benzene rings is 1. The molecule has 1 N–H and O–H groups in total. The molecule has 0 aliphatic carbocycles. The SMILES string of the molecule is CC(C)Oc1c(Cl)cccc1NC(=O)[C@@H](C)OCC(F)(F)F. The van der Waals surface area contributed by atoms with Crippen molar-refractivity contribution in [3.63, 3.8) is 0 Å². The lowest BCUT2D eigenvalue weighted by Crippen LogP contribution is -2.31. The van der Waals surface area contributed by atoms with Gasteiger partial charge in [0.1, 0.15) is 12.7 Å². The molecule has 1 atom stereocenters. The van der Waals surface area contributed by atoms with Crippen LogP contribution in [-0.4, -0.2) is 30.9 Å². The summed E-state index contributed by atoms with van der Waals surface area (Å²) in [5.74, 6) is -0.462. The molecule has 22 heavy (non-hydrogen) atoms. The van der Waals surface area contributed by atoms with Gasteiger partial charge in [-0.3, -0.25) is 4.79 Å². The highest BCUT2D eigenvalue weighted by Gasteiger charge is 2.30. The molecule has 0 saturated carbocycles. The van der Waals surface area contributed by atoms with Gasteiger partial charge >= 0.3 is 6.18 Å². The number of hydrogen-bond acceptors (Lipinski definition) is 3. The molecule has 0 spiro atoms.